The molecule has 1 rings (SSSR count). The van der Waals surface area contributed by atoms with E-state index in [0.29, 0.717) is 43.8 Å². The normalized spacial score (nSPS) is 11.9. The van der Waals surface area contributed by atoms with Gasteiger partial charge < -0.3 is 17.2 Å². The van der Waals surface area contributed by atoms with Crippen LogP contribution in [0.3, 0.4) is 0 Å². The van der Waals surface area contributed by atoms with Crippen molar-refractivity contribution >= 4 is 15.3 Å². The van der Waals surface area contributed by atoms with E-state index in [-0.39, 0.29) is 30.6 Å². The summed E-state index contributed by atoms with van der Waals surface area (Å²) in [6, 6.07) is 0. The molecule has 0 atom stereocenters. The molecular formula is C17H35F2GeN3Zr. The summed E-state index contributed by atoms with van der Waals surface area (Å²) in [5, 5.41) is 0. The van der Waals surface area contributed by atoms with Gasteiger partial charge in [0.2, 0.25) is 0 Å². The predicted molar refractivity (Wildman–Crippen MR) is 102 cm³/mol. The summed E-state index contributed by atoms with van der Waals surface area (Å²) in [6.45, 7) is 13.9. The number of allylic oxidation sites excluding steroid dienone is 4. The van der Waals surface area contributed by atoms with Crippen molar-refractivity contribution in [3.8, 4) is 0 Å². The third-order valence-electron chi connectivity index (χ3n) is 2.18. The van der Waals surface area contributed by atoms with Gasteiger partial charge in [-0.05, 0) is 0 Å². The maximum atomic E-state index is 11.8. The van der Waals surface area contributed by atoms with Crippen molar-refractivity contribution in [2.45, 2.75) is 48.0 Å². The topological polar surface area (TPSA) is 71.4 Å². The van der Waals surface area contributed by atoms with Crippen molar-refractivity contribution in [2.75, 3.05) is 19.6 Å². The van der Waals surface area contributed by atoms with E-state index in [2.05, 4.69) is 6.08 Å². The molecule has 0 fully saturated rings. The van der Waals surface area contributed by atoms with Crippen LogP contribution < -0.4 is 0 Å². The first-order chi connectivity index (χ1) is 10.6. The van der Waals surface area contributed by atoms with Crippen molar-refractivity contribution < 1.29 is 33.2 Å². The Kier molecular flexibility index (Phi) is 31.9. The third kappa shape index (κ3) is 34.1. The molecule has 0 radical (unpaired) electrons. The number of nitrogens with one attached hydrogen (secondary N) is 3. The van der Waals surface area contributed by atoms with Crippen molar-refractivity contribution in [3.63, 3.8) is 0 Å². The van der Waals surface area contributed by atoms with Crippen LogP contribution in [-0.2, 0) is 26.2 Å². The third-order valence-corrected chi connectivity index (χ3v) is 4.00. The molecule has 0 unspecified atom stereocenters. The summed E-state index contributed by atoms with van der Waals surface area (Å²) < 4.78 is 23.8. The Balaban J connectivity index is -0.000000113. The second-order valence-electron chi connectivity index (χ2n) is 6.33. The van der Waals surface area contributed by atoms with E-state index in [1.165, 1.54) is 6.08 Å². The van der Waals surface area contributed by atoms with Crippen LogP contribution in [0.5, 0.6) is 0 Å². The molecule has 0 spiro atoms. The molecule has 24 heavy (non-hydrogen) atoms. The minimum Gasteiger partial charge on any atom is 4.00 e. The minimum absolute atomic E-state index is 0. The van der Waals surface area contributed by atoms with Crippen molar-refractivity contribution in [3.05, 3.63) is 39.8 Å². The Labute approximate surface area is 173 Å². The maximum Gasteiger partial charge on any atom is 4.00 e. The average molecular weight is 483 g/mol. The Bertz CT molecular complexity index is 279. The first-order valence-electron chi connectivity index (χ1n) is 8.11. The van der Waals surface area contributed by atoms with E-state index in [1.807, 2.05) is 41.5 Å². The van der Waals surface area contributed by atoms with E-state index < -0.39 is 15.3 Å². The van der Waals surface area contributed by atoms with E-state index in [0.717, 1.165) is 0 Å². The molecule has 3 N–H and O–H groups in total. The Morgan fingerprint density at radius 2 is 1.21 bits per heavy atom. The summed E-state index contributed by atoms with van der Waals surface area (Å²) in [7, 11) is 0. The molecule has 0 heterocycles. The van der Waals surface area contributed by atoms with Gasteiger partial charge in [-0.15, -0.1) is 19.6 Å². The van der Waals surface area contributed by atoms with E-state index in [9.17, 15) is 7.00 Å². The summed E-state index contributed by atoms with van der Waals surface area (Å²) >= 11 is -3.91. The molecule has 0 saturated carbocycles. The fraction of sp³-hybridized carbons (Fsp3) is 0.765. The molecule has 0 aromatic rings. The van der Waals surface area contributed by atoms with Crippen LogP contribution in [-0.4, -0.2) is 34.9 Å². The fourth-order valence-electron chi connectivity index (χ4n) is 0.571. The van der Waals surface area contributed by atoms with Gasteiger partial charge in [0.25, 0.3) is 0 Å². The summed E-state index contributed by atoms with van der Waals surface area (Å²) in [5.41, 5.74) is 20.0. The van der Waals surface area contributed by atoms with Crippen LogP contribution in [0.15, 0.2) is 16.6 Å². The van der Waals surface area contributed by atoms with Gasteiger partial charge in [0.15, 0.2) is 0 Å². The van der Waals surface area contributed by atoms with Gasteiger partial charge in [0.05, 0.1) is 0 Å². The Morgan fingerprint density at radius 1 is 0.917 bits per heavy atom. The van der Waals surface area contributed by atoms with Crippen LogP contribution in [0.1, 0.15) is 48.0 Å². The molecule has 0 aromatic heterocycles. The molecular weight excluding hydrogens is 448 g/mol. The van der Waals surface area contributed by atoms with Gasteiger partial charge in [0.1, 0.15) is 0 Å². The number of hydrogen-bond donors (Lipinski definition) is 0. The van der Waals surface area contributed by atoms with Crippen molar-refractivity contribution in [1.82, 2.24) is 0 Å². The zero-order valence-corrected chi connectivity index (χ0v) is 20.9. The standard InChI is InChI=1S/C5H5F2Ge.3C4H10N.Zr/c6-8(7)5-3-1-2-4-5;3*1-4(2)3-5;/h1,3,8H,2H2;3*4-5H,3H2,1-2H3;/q4*-1;+4. The van der Waals surface area contributed by atoms with Gasteiger partial charge in [-0.25, -0.2) is 0 Å². The zero-order valence-electron chi connectivity index (χ0n) is 16.0. The average Bonchev–Trinajstić information content (AvgIpc) is 3.03. The molecule has 0 aliphatic heterocycles. The van der Waals surface area contributed by atoms with E-state index >= 15 is 0 Å². The van der Waals surface area contributed by atoms with Gasteiger partial charge in [-0.2, -0.15) is 0 Å². The number of halogens is 2. The first kappa shape index (κ1) is 32.3. The van der Waals surface area contributed by atoms with Crippen LogP contribution in [0, 0.1) is 23.8 Å². The molecule has 0 bridgehead atoms. The van der Waals surface area contributed by atoms with E-state index in [1.54, 1.807) is 6.08 Å². The van der Waals surface area contributed by atoms with Gasteiger partial charge in [0, 0.05) is 0 Å². The smallest absolute Gasteiger partial charge is 4.00 e. The summed E-state index contributed by atoms with van der Waals surface area (Å²) in [6.07, 6.45) is 6.39. The first-order valence-corrected chi connectivity index (χ1v) is 11.2. The Morgan fingerprint density at radius 3 is 1.29 bits per heavy atom. The van der Waals surface area contributed by atoms with Gasteiger partial charge in [-0.1, -0.05) is 59.3 Å². The predicted octanol–water partition coefficient (Wildman–Crippen LogP) is 6.46. The van der Waals surface area contributed by atoms with Gasteiger partial charge >= 0.3 is 77.5 Å². The second-order valence-corrected chi connectivity index (χ2v) is 8.90. The number of rotatable bonds is 4. The van der Waals surface area contributed by atoms with Crippen LogP contribution >= 0.6 is 0 Å². The SMILES string of the molecule is CC(C)C[NH-].CC(C)C[NH-].CC(C)C[NH-].[F][GeH]([F])[C]1=[C-]CC=C1.[Zr+4]. The molecule has 0 saturated heterocycles. The second kappa shape index (κ2) is 23.6. The molecule has 3 nitrogen and oxygen atoms in total. The van der Waals surface area contributed by atoms with E-state index in [4.69, 9.17) is 17.2 Å². The molecule has 0 aromatic carbocycles. The van der Waals surface area contributed by atoms with Gasteiger partial charge in [-0.3, -0.25) is 0 Å². The molecule has 0 amide bonds. The van der Waals surface area contributed by atoms with Crippen molar-refractivity contribution in [2.24, 2.45) is 17.8 Å². The summed E-state index contributed by atoms with van der Waals surface area (Å²) in [5.74, 6) is 1.65. The maximum absolute atomic E-state index is 11.8. The number of hydrogen-bond acceptors (Lipinski definition) is 0. The van der Waals surface area contributed by atoms with Crippen LogP contribution in [0.2, 0.25) is 0 Å². The monoisotopic (exact) mass is 483 g/mol. The largest absolute Gasteiger partial charge is 4.00 e. The molecule has 1 aliphatic carbocycles. The molecule has 7 heteroatoms. The molecule has 140 valence electrons. The zero-order chi connectivity index (χ0) is 18.8. The quantitative estimate of drug-likeness (QED) is 0.326. The van der Waals surface area contributed by atoms with Crippen LogP contribution in [0.25, 0.3) is 17.2 Å². The van der Waals surface area contributed by atoms with Crippen molar-refractivity contribution in [1.29, 1.82) is 0 Å². The fourth-order valence-corrected chi connectivity index (χ4v) is 1.73. The summed E-state index contributed by atoms with van der Waals surface area (Å²) in [4.78, 5) is 0. The molecule has 1 aliphatic rings. The minimum atomic E-state index is -3.91. The van der Waals surface area contributed by atoms with Crippen LogP contribution in [0.4, 0.5) is 7.00 Å². The Hall–Kier alpha value is 0.646.